The van der Waals surface area contributed by atoms with Gasteiger partial charge >= 0.3 is 5.31 Å². The van der Waals surface area contributed by atoms with Crippen LogP contribution in [-0.4, -0.2) is 19.0 Å². The van der Waals surface area contributed by atoms with Crippen molar-refractivity contribution in [2.75, 3.05) is 0 Å². The molecule has 0 nitrogen and oxygen atoms in total. The molecule has 0 saturated heterocycles. The molecule has 0 fully saturated rings. The van der Waals surface area contributed by atoms with E-state index in [1.807, 2.05) is 0 Å². The van der Waals surface area contributed by atoms with Gasteiger partial charge in [-0.3, -0.25) is 0 Å². The average molecular weight is 319 g/mol. The van der Waals surface area contributed by atoms with Gasteiger partial charge in [-0.1, -0.05) is 34.8 Å². The van der Waals surface area contributed by atoms with Gasteiger partial charge < -0.3 is 0 Å². The van der Waals surface area contributed by atoms with Crippen LogP contribution < -0.4 is 0 Å². The summed E-state index contributed by atoms with van der Waals surface area (Å²) in [6.45, 7) is 0. The number of halogens is 7. The predicted octanol–water partition coefficient (Wildman–Crippen LogP) is 3.06. The van der Waals surface area contributed by atoms with E-state index in [0.717, 1.165) is 0 Å². The molecule has 0 bridgehead atoms. The fourth-order valence-electron chi connectivity index (χ4n) is 0. The molecule has 0 aliphatic rings. The highest BCUT2D eigenvalue weighted by molar-refractivity contribution is 7.81. The lowest BCUT2D eigenvalue weighted by Gasteiger charge is -1.94. The minimum absolute atomic E-state index is 0.604. The zero-order chi connectivity index (χ0) is 9.00. The predicted molar refractivity (Wildman–Crippen MR) is 59.4 cm³/mol. The Bertz CT molecular complexity index is 54.6. The van der Waals surface area contributed by atoms with Crippen molar-refractivity contribution < 1.29 is 0 Å². The summed E-state index contributed by atoms with van der Waals surface area (Å²) in [5.74, 6) is 0. The number of alkyl halides is 3. The van der Waals surface area contributed by atoms with Crippen LogP contribution in [0.5, 0.6) is 0 Å². The minimum atomic E-state index is -2.72. The third-order valence-corrected chi connectivity index (χ3v) is 0. The largest absolute Gasteiger partial charge is 0.440 e. The molecule has 0 heterocycles. The number of hydrogen-bond acceptors (Lipinski definition) is 0. The lowest BCUT2D eigenvalue weighted by Crippen LogP contribution is -1.96. The van der Waals surface area contributed by atoms with Crippen LogP contribution >= 0.6 is 79.1 Å². The molecule has 0 spiro atoms. The molecule has 0 aliphatic carbocycles. The summed E-state index contributed by atoms with van der Waals surface area (Å²) in [5.41, 5.74) is 0. The van der Waals surface area contributed by atoms with Crippen molar-refractivity contribution in [3.63, 3.8) is 0 Å². The van der Waals surface area contributed by atoms with Crippen LogP contribution in [-0.2, 0) is 0 Å². The third-order valence-electron chi connectivity index (χ3n) is 0. The van der Waals surface area contributed by atoms with Gasteiger partial charge in [0.05, 0.1) is 10.2 Å². The summed E-state index contributed by atoms with van der Waals surface area (Å²) in [4.78, 5) is 0. The molecule has 0 saturated carbocycles. The second-order valence-electron chi connectivity index (χ2n) is 1.21. The number of rotatable bonds is 0. The summed E-state index contributed by atoms with van der Waals surface area (Å²) in [5, 5.41) is -2.72. The average Bonchev–Trinajstić information content (AvgIpc) is 1.12. The van der Waals surface area contributed by atoms with Gasteiger partial charge in [0, 0.05) is 0 Å². The summed E-state index contributed by atoms with van der Waals surface area (Å²) in [6, 6.07) is 0. The molecule has 0 aliphatic heterocycles. The monoisotopic (exact) mass is 316 g/mol. The molecule has 0 aromatic carbocycles. The van der Waals surface area contributed by atoms with Crippen molar-refractivity contribution in [1.29, 1.82) is 0 Å². The maximum atomic E-state index is 5.12. The van der Waals surface area contributed by atoms with Crippen molar-refractivity contribution in [3.05, 3.63) is 0 Å². The number of hydrogen-bond donors (Lipinski definition) is 0. The Morgan fingerprint density at radius 1 is 0.900 bits per heavy atom. The first-order valence-electron chi connectivity index (χ1n) is 1.82. The van der Waals surface area contributed by atoms with Gasteiger partial charge in [-0.15, -0.1) is 44.3 Å². The van der Waals surface area contributed by atoms with Crippen LogP contribution in [0, 0.1) is 0 Å². The SMILES string of the molecule is Cl[Si](Cl)(Cl)Cl.[SiH3]C(Cl)(Cl)Cl. The quantitative estimate of drug-likeness (QED) is 0.366. The van der Waals surface area contributed by atoms with Crippen LogP contribution in [0.4, 0.5) is 0 Å². The first kappa shape index (κ1) is 15.0. The summed E-state index contributed by atoms with van der Waals surface area (Å²) in [7, 11) is 0.604. The molecular formula is CH3Cl7Si2. The molecule has 9 heteroatoms. The van der Waals surface area contributed by atoms with Crippen LogP contribution in [0.15, 0.2) is 0 Å². The van der Waals surface area contributed by atoms with Crippen LogP contribution in [0.1, 0.15) is 0 Å². The first-order chi connectivity index (χ1) is 4.00. The molecule has 10 heavy (non-hydrogen) atoms. The highest BCUT2D eigenvalue weighted by Gasteiger charge is 2.19. The Morgan fingerprint density at radius 2 is 0.900 bits per heavy atom. The Morgan fingerprint density at radius 3 is 0.900 bits per heavy atom. The molecule has 0 rings (SSSR count). The first-order valence-corrected chi connectivity index (χ1v) is 10.0. The Balaban J connectivity index is 0. The maximum Gasteiger partial charge on any atom is 0.440 e. The van der Waals surface area contributed by atoms with E-state index >= 15 is 0 Å². The summed E-state index contributed by atoms with van der Waals surface area (Å²) < 4.78 is -0.944. The highest BCUT2D eigenvalue weighted by Crippen LogP contribution is 2.23. The maximum absolute atomic E-state index is 5.12. The van der Waals surface area contributed by atoms with E-state index in [1.54, 1.807) is 0 Å². The Labute approximate surface area is 97.2 Å². The molecule has 0 amide bonds. The van der Waals surface area contributed by atoms with E-state index < -0.39 is 8.73 Å². The topological polar surface area (TPSA) is 0 Å². The second-order valence-corrected chi connectivity index (χ2v) is 18.6. The van der Waals surface area contributed by atoms with E-state index in [4.69, 9.17) is 79.1 Å². The fourth-order valence-corrected chi connectivity index (χ4v) is 0. The lowest BCUT2D eigenvalue weighted by molar-refractivity contribution is 1.75. The van der Waals surface area contributed by atoms with Crippen molar-refractivity contribution in [2.45, 2.75) is 3.42 Å². The van der Waals surface area contributed by atoms with Gasteiger partial charge in [-0.2, -0.15) is 0 Å². The Kier molecular flexibility index (Phi) is 8.98. The van der Waals surface area contributed by atoms with Gasteiger partial charge in [-0.25, -0.2) is 0 Å². The van der Waals surface area contributed by atoms with Crippen LogP contribution in [0.25, 0.3) is 0 Å². The van der Waals surface area contributed by atoms with Gasteiger partial charge in [-0.05, 0) is 0 Å². The zero-order valence-corrected chi connectivity index (χ0v) is 12.9. The molecule has 64 valence electrons. The van der Waals surface area contributed by atoms with Gasteiger partial charge in [0.2, 0.25) is 0 Å². The molecule has 0 aromatic heterocycles. The van der Waals surface area contributed by atoms with Gasteiger partial charge in [0.15, 0.2) is 3.42 Å². The highest BCUT2D eigenvalue weighted by atomic mass is 36.0. The molecule has 0 radical (unpaired) electrons. The standard InChI is InChI=1S/CH3Cl3Si.Cl4Si/c2-1(3,4)5;1-5(2,3)4/h5H3;. The van der Waals surface area contributed by atoms with E-state index in [9.17, 15) is 0 Å². The van der Waals surface area contributed by atoms with E-state index in [2.05, 4.69) is 0 Å². The van der Waals surface area contributed by atoms with Crippen LogP contribution in [0.3, 0.4) is 0 Å². The van der Waals surface area contributed by atoms with Gasteiger partial charge in [0.25, 0.3) is 0 Å². The van der Waals surface area contributed by atoms with Crippen LogP contribution in [0.2, 0.25) is 0 Å². The molecule has 0 N–H and O–H groups in total. The van der Waals surface area contributed by atoms with Crippen molar-refractivity contribution >= 4 is 94.7 Å². The van der Waals surface area contributed by atoms with Crippen molar-refractivity contribution in [3.8, 4) is 0 Å². The van der Waals surface area contributed by atoms with E-state index in [0.29, 0.717) is 10.2 Å². The van der Waals surface area contributed by atoms with Crippen molar-refractivity contribution in [2.24, 2.45) is 0 Å². The fraction of sp³-hybridized carbons (Fsp3) is 1.00. The van der Waals surface area contributed by atoms with E-state index in [-0.39, 0.29) is 0 Å². The lowest BCUT2D eigenvalue weighted by atomic mass is 11.8. The molecule has 0 atom stereocenters. The molecule has 0 unspecified atom stereocenters. The van der Waals surface area contributed by atoms with Gasteiger partial charge in [0.1, 0.15) is 0 Å². The van der Waals surface area contributed by atoms with Crippen molar-refractivity contribution in [1.82, 2.24) is 0 Å². The normalized spacial score (nSPS) is 12.3. The molecular weight excluding hydrogens is 316 g/mol. The molecule has 0 aromatic rings. The summed E-state index contributed by atoms with van der Waals surface area (Å²) in [6.07, 6.45) is 0. The minimum Gasteiger partial charge on any atom is -0.110 e. The summed E-state index contributed by atoms with van der Waals surface area (Å²) >= 11 is 35.2. The Hall–Kier alpha value is 2.46. The third kappa shape index (κ3) is 154. The van der Waals surface area contributed by atoms with E-state index in [1.165, 1.54) is 0 Å². The zero-order valence-electron chi connectivity index (χ0n) is 4.65. The smallest absolute Gasteiger partial charge is 0.110 e. The second kappa shape index (κ2) is 6.00.